The molecule has 7 rings (SSSR count). The molecular weight excluding hydrogens is 384 g/mol. The summed E-state index contributed by atoms with van der Waals surface area (Å²) in [7, 11) is 1.77. The fourth-order valence-electron chi connectivity index (χ4n) is 8.61. The van der Waals surface area contributed by atoms with Gasteiger partial charge in [-0.25, -0.2) is 0 Å². The van der Waals surface area contributed by atoms with Crippen LogP contribution in [0.25, 0.3) is 0 Å². The molecule has 0 spiro atoms. The maximum atomic E-state index is 13.6. The fraction of sp³-hybridized carbons (Fsp3) is 0.741. The van der Waals surface area contributed by atoms with Crippen molar-refractivity contribution < 1.29 is 9.53 Å². The lowest BCUT2D eigenvalue weighted by atomic mass is 9.49. The quantitative estimate of drug-likeness (QED) is 0.733. The van der Waals surface area contributed by atoms with Crippen LogP contribution in [0, 0.1) is 23.2 Å². The van der Waals surface area contributed by atoms with Gasteiger partial charge in [-0.15, -0.1) is 0 Å². The van der Waals surface area contributed by atoms with Crippen molar-refractivity contribution in [1.82, 2.24) is 10.2 Å². The van der Waals surface area contributed by atoms with Crippen LogP contribution in [0.5, 0.6) is 5.75 Å². The number of fused-ring (bicyclic) bond motifs is 2. The minimum absolute atomic E-state index is 0.0155. The molecule has 0 aromatic heterocycles. The van der Waals surface area contributed by atoms with Gasteiger partial charge < -0.3 is 10.1 Å². The molecule has 168 valence electrons. The lowest BCUT2D eigenvalue weighted by Gasteiger charge is -2.56. The van der Waals surface area contributed by atoms with Crippen LogP contribution in [-0.2, 0) is 11.3 Å². The van der Waals surface area contributed by atoms with Crippen LogP contribution < -0.4 is 10.1 Å². The third-order valence-corrected chi connectivity index (χ3v) is 9.53. The Bertz CT molecular complexity index is 787. The molecule has 4 aliphatic carbocycles. The summed E-state index contributed by atoms with van der Waals surface area (Å²) >= 11 is 0. The predicted molar refractivity (Wildman–Crippen MR) is 122 cm³/mol. The Kier molecular flexibility index (Phi) is 5.05. The number of amides is 1. The Labute approximate surface area is 187 Å². The molecule has 6 fully saturated rings. The zero-order valence-corrected chi connectivity index (χ0v) is 19.0. The average molecular weight is 423 g/mol. The van der Waals surface area contributed by atoms with Crippen LogP contribution in [0.1, 0.15) is 76.2 Å². The second-order valence-electron chi connectivity index (χ2n) is 11.6. The summed E-state index contributed by atoms with van der Waals surface area (Å²) in [4.78, 5) is 16.3. The molecule has 2 heterocycles. The van der Waals surface area contributed by atoms with Crippen molar-refractivity contribution in [1.29, 1.82) is 0 Å². The van der Waals surface area contributed by atoms with E-state index in [1.165, 1.54) is 63.4 Å². The first-order chi connectivity index (χ1) is 15.1. The maximum absolute atomic E-state index is 13.6. The first kappa shape index (κ1) is 20.1. The Morgan fingerprint density at radius 3 is 2.23 bits per heavy atom. The second kappa shape index (κ2) is 7.79. The largest absolute Gasteiger partial charge is 0.496 e. The first-order valence-electron chi connectivity index (χ1n) is 12.8. The van der Waals surface area contributed by atoms with Crippen LogP contribution in [0.2, 0.25) is 0 Å². The Morgan fingerprint density at radius 2 is 1.61 bits per heavy atom. The molecule has 2 aliphatic heterocycles. The molecule has 1 aromatic carbocycles. The molecule has 2 atom stereocenters. The van der Waals surface area contributed by atoms with E-state index in [0.717, 1.165) is 42.9 Å². The normalized spacial score (nSPS) is 41.2. The molecule has 2 saturated heterocycles. The molecule has 2 unspecified atom stereocenters. The molecule has 6 aliphatic rings. The van der Waals surface area contributed by atoms with Crippen molar-refractivity contribution >= 4 is 5.91 Å². The van der Waals surface area contributed by atoms with Crippen molar-refractivity contribution in [3.63, 3.8) is 0 Å². The van der Waals surface area contributed by atoms with Crippen molar-refractivity contribution in [3.8, 4) is 5.75 Å². The van der Waals surface area contributed by atoms with E-state index in [4.69, 9.17) is 4.74 Å². The summed E-state index contributed by atoms with van der Waals surface area (Å²) in [5, 5.41) is 3.62. The third-order valence-electron chi connectivity index (χ3n) is 9.53. The zero-order chi connectivity index (χ0) is 21.0. The lowest BCUT2D eigenvalue weighted by Crippen LogP contribution is -2.60. The number of hydrogen-bond donors (Lipinski definition) is 1. The van der Waals surface area contributed by atoms with E-state index in [9.17, 15) is 4.79 Å². The van der Waals surface area contributed by atoms with Gasteiger partial charge in [0.2, 0.25) is 5.91 Å². The first-order valence-corrected chi connectivity index (χ1v) is 12.8. The van der Waals surface area contributed by atoms with Gasteiger partial charge in [-0.05, 0) is 88.0 Å². The van der Waals surface area contributed by atoms with Crippen molar-refractivity contribution in [2.45, 2.75) is 95.3 Å². The number of ether oxygens (including phenoxy) is 1. The molecule has 4 heteroatoms. The molecule has 4 saturated carbocycles. The van der Waals surface area contributed by atoms with Gasteiger partial charge in [-0.3, -0.25) is 9.69 Å². The van der Waals surface area contributed by atoms with Crippen molar-refractivity contribution in [3.05, 3.63) is 29.8 Å². The summed E-state index contributed by atoms with van der Waals surface area (Å²) < 4.78 is 5.62. The highest BCUT2D eigenvalue weighted by molar-refractivity contribution is 5.83. The monoisotopic (exact) mass is 422 g/mol. The lowest BCUT2D eigenvalue weighted by molar-refractivity contribution is -0.147. The number of piperidine rings is 2. The van der Waals surface area contributed by atoms with Gasteiger partial charge in [0.1, 0.15) is 5.75 Å². The van der Waals surface area contributed by atoms with Crippen molar-refractivity contribution in [2.24, 2.45) is 23.2 Å². The van der Waals surface area contributed by atoms with Gasteiger partial charge in [-0.2, -0.15) is 0 Å². The number of para-hydroxylation sites is 1. The average Bonchev–Trinajstić information content (AvgIpc) is 2.73. The second-order valence-corrected chi connectivity index (χ2v) is 11.6. The SMILES string of the molecule is COc1ccccc1CN1C2CCCC1CC(NC(=O)C13CC4CC(CC(C4)C1)C3)C2. The van der Waals surface area contributed by atoms with E-state index < -0.39 is 0 Å². The zero-order valence-electron chi connectivity index (χ0n) is 19.0. The Morgan fingerprint density at radius 1 is 1.00 bits per heavy atom. The highest BCUT2D eigenvalue weighted by Gasteiger charge is 2.55. The standard InChI is InChI=1S/C27H38N2O2/c1-31-25-8-3-2-5-21(25)17-29-23-6-4-7-24(29)13-22(12-23)28-26(30)27-14-18-9-19(15-27)11-20(10-18)16-27/h2-3,5,8,18-20,22-24H,4,6-7,9-17H2,1H3,(H,28,30). The molecule has 1 N–H and O–H groups in total. The Hall–Kier alpha value is -1.55. The van der Waals surface area contributed by atoms with E-state index in [1.54, 1.807) is 7.11 Å². The minimum Gasteiger partial charge on any atom is -0.496 e. The number of benzene rings is 1. The van der Waals surface area contributed by atoms with Crippen LogP contribution >= 0.6 is 0 Å². The maximum Gasteiger partial charge on any atom is 0.226 e. The highest BCUT2D eigenvalue weighted by atomic mass is 16.5. The molecule has 1 amide bonds. The van der Waals surface area contributed by atoms with E-state index in [0.29, 0.717) is 24.0 Å². The molecule has 6 bridgehead atoms. The van der Waals surface area contributed by atoms with Crippen LogP contribution in [0.4, 0.5) is 0 Å². The van der Waals surface area contributed by atoms with E-state index in [2.05, 4.69) is 34.5 Å². The molecule has 4 nitrogen and oxygen atoms in total. The van der Waals surface area contributed by atoms with Crippen LogP contribution in [0.3, 0.4) is 0 Å². The number of methoxy groups -OCH3 is 1. The number of hydrogen-bond acceptors (Lipinski definition) is 3. The minimum atomic E-state index is -0.0155. The fourth-order valence-corrected chi connectivity index (χ4v) is 8.61. The summed E-state index contributed by atoms with van der Waals surface area (Å²) in [5.41, 5.74) is 1.27. The molecule has 1 aromatic rings. The third kappa shape index (κ3) is 3.59. The summed E-state index contributed by atoms with van der Waals surface area (Å²) in [6.45, 7) is 0.967. The van der Waals surface area contributed by atoms with Gasteiger partial charge >= 0.3 is 0 Å². The molecule has 31 heavy (non-hydrogen) atoms. The molecular formula is C27H38N2O2. The van der Waals surface area contributed by atoms with E-state index in [-0.39, 0.29) is 5.41 Å². The molecule has 0 radical (unpaired) electrons. The van der Waals surface area contributed by atoms with E-state index >= 15 is 0 Å². The number of carbonyl (C=O) groups is 1. The summed E-state index contributed by atoms with van der Waals surface area (Å²) in [6.07, 6.45) is 13.8. The van der Waals surface area contributed by atoms with Gasteiger partial charge in [0.05, 0.1) is 7.11 Å². The highest BCUT2D eigenvalue weighted by Crippen LogP contribution is 2.60. The number of rotatable bonds is 5. The van der Waals surface area contributed by atoms with Crippen LogP contribution in [-0.4, -0.2) is 36.0 Å². The van der Waals surface area contributed by atoms with Crippen molar-refractivity contribution in [2.75, 3.05) is 7.11 Å². The van der Waals surface area contributed by atoms with Gasteiger partial charge in [0, 0.05) is 35.6 Å². The van der Waals surface area contributed by atoms with E-state index in [1.807, 2.05) is 0 Å². The van der Waals surface area contributed by atoms with Crippen LogP contribution in [0.15, 0.2) is 24.3 Å². The van der Waals surface area contributed by atoms with Gasteiger partial charge in [-0.1, -0.05) is 24.6 Å². The van der Waals surface area contributed by atoms with Gasteiger partial charge in [0.25, 0.3) is 0 Å². The van der Waals surface area contributed by atoms with Gasteiger partial charge in [0.15, 0.2) is 0 Å². The summed E-state index contributed by atoms with van der Waals surface area (Å²) in [5.74, 6) is 3.92. The number of carbonyl (C=O) groups excluding carboxylic acids is 1. The number of nitrogens with one attached hydrogen (secondary N) is 1. The topological polar surface area (TPSA) is 41.6 Å². The Balaban J connectivity index is 1.14. The number of nitrogens with zero attached hydrogens (tertiary/aromatic N) is 1. The smallest absolute Gasteiger partial charge is 0.226 e. The predicted octanol–water partition coefficient (Wildman–Crippen LogP) is 4.91. The summed E-state index contributed by atoms with van der Waals surface area (Å²) in [6, 6.07) is 9.98.